The third-order valence-electron chi connectivity index (χ3n) is 8.45. The number of benzene rings is 4. The molecule has 0 aliphatic heterocycles. The van der Waals surface area contributed by atoms with Crippen LogP contribution in [0.1, 0.15) is 64.2 Å². The Morgan fingerprint density at radius 3 is 1.09 bits per heavy atom. The van der Waals surface area contributed by atoms with Gasteiger partial charge in [0.2, 0.25) is 20.0 Å². The Bertz CT molecular complexity index is 1670. The molecule has 250 valence electrons. The lowest BCUT2D eigenvalue weighted by Crippen LogP contribution is -2.25. The molecule has 4 rings (SSSR count). The Kier molecular flexibility index (Phi) is 12.9. The minimum Gasteiger partial charge on any atom is -0.377 e. The first-order chi connectivity index (χ1) is 22.0. The van der Waals surface area contributed by atoms with Crippen molar-refractivity contribution in [3.05, 3.63) is 72.8 Å². The summed E-state index contributed by atoms with van der Waals surface area (Å²) in [6, 6.07) is 22.4. The quantitative estimate of drug-likeness (QED) is 0.102. The highest BCUT2D eigenvalue weighted by Gasteiger charge is 2.19. The zero-order valence-electron chi connectivity index (χ0n) is 27.8. The topological polar surface area (TPSA) is 98.8 Å². The van der Waals surface area contributed by atoms with Gasteiger partial charge in [-0.2, -0.15) is 0 Å². The van der Waals surface area contributed by atoms with Crippen molar-refractivity contribution in [1.82, 2.24) is 9.44 Å². The Labute approximate surface area is 276 Å². The lowest BCUT2D eigenvalue weighted by atomic mass is 10.1. The minimum atomic E-state index is -3.59. The monoisotopic (exact) mass is 666 g/mol. The highest BCUT2D eigenvalue weighted by Crippen LogP contribution is 2.31. The number of nitrogens with zero attached hydrogens (tertiary/aromatic N) is 2. The van der Waals surface area contributed by atoms with Crippen LogP contribution in [0, 0.1) is 0 Å². The maximum atomic E-state index is 13.1. The fourth-order valence-electron chi connectivity index (χ4n) is 6.01. The van der Waals surface area contributed by atoms with Crippen LogP contribution in [-0.4, -0.2) is 58.1 Å². The normalized spacial score (nSPS) is 12.2. The van der Waals surface area contributed by atoms with Crippen LogP contribution in [0.3, 0.4) is 0 Å². The molecule has 0 heterocycles. The molecule has 0 saturated carbocycles. The molecule has 0 fully saturated rings. The van der Waals surface area contributed by atoms with Crippen molar-refractivity contribution in [2.24, 2.45) is 0 Å². The first-order valence-electron chi connectivity index (χ1n) is 16.4. The van der Waals surface area contributed by atoms with Crippen LogP contribution in [0.4, 0.5) is 11.4 Å². The highest BCUT2D eigenvalue weighted by atomic mass is 32.2. The van der Waals surface area contributed by atoms with E-state index in [1.165, 1.54) is 12.8 Å². The molecule has 4 aromatic carbocycles. The summed E-state index contributed by atoms with van der Waals surface area (Å²) in [4.78, 5) is 4.65. The molecule has 0 aliphatic carbocycles. The van der Waals surface area contributed by atoms with Gasteiger partial charge in [0.15, 0.2) is 0 Å². The third-order valence-corrected chi connectivity index (χ3v) is 11.5. The van der Waals surface area contributed by atoms with Crippen LogP contribution >= 0.6 is 0 Å². The largest absolute Gasteiger partial charge is 0.377 e. The molecule has 0 saturated heterocycles. The number of hydrogen-bond acceptors (Lipinski definition) is 6. The zero-order chi connectivity index (χ0) is 33.2. The third kappa shape index (κ3) is 9.21. The van der Waals surface area contributed by atoms with E-state index in [0.29, 0.717) is 22.9 Å². The lowest BCUT2D eigenvalue weighted by Gasteiger charge is -2.17. The summed E-state index contributed by atoms with van der Waals surface area (Å²) in [6.45, 7) is 0.876. The summed E-state index contributed by atoms with van der Waals surface area (Å²) in [6.07, 6.45) is 10.4. The van der Waals surface area contributed by atoms with Crippen molar-refractivity contribution < 1.29 is 16.8 Å². The van der Waals surface area contributed by atoms with E-state index in [-0.39, 0.29) is 0 Å². The van der Waals surface area contributed by atoms with Gasteiger partial charge in [0, 0.05) is 74.2 Å². The predicted octanol–water partition coefficient (Wildman–Crippen LogP) is 7.28. The van der Waals surface area contributed by atoms with E-state index in [9.17, 15) is 16.8 Å². The van der Waals surface area contributed by atoms with Crippen LogP contribution in [0.2, 0.25) is 0 Å². The number of rotatable bonds is 19. The minimum absolute atomic E-state index is 0.328. The fraction of sp³-hybridized carbons (Fsp3) is 0.444. The van der Waals surface area contributed by atoms with Gasteiger partial charge in [-0.15, -0.1) is 0 Å². The van der Waals surface area contributed by atoms with Crippen LogP contribution in [0.15, 0.2) is 82.6 Å². The molecular weight excluding hydrogens is 617 g/mol. The summed E-state index contributed by atoms with van der Waals surface area (Å²) in [7, 11) is 0.654. The molecule has 2 N–H and O–H groups in total. The Hall–Kier alpha value is -3.18. The number of anilines is 2. The van der Waals surface area contributed by atoms with Gasteiger partial charge in [0.05, 0.1) is 9.79 Å². The van der Waals surface area contributed by atoms with Gasteiger partial charge in [0.1, 0.15) is 0 Å². The molecule has 0 aromatic heterocycles. The zero-order valence-corrected chi connectivity index (χ0v) is 29.4. The molecule has 0 amide bonds. The van der Waals surface area contributed by atoms with E-state index in [1.807, 2.05) is 86.5 Å². The van der Waals surface area contributed by atoms with E-state index in [1.54, 1.807) is 24.3 Å². The average Bonchev–Trinajstić information content (AvgIpc) is 3.03. The van der Waals surface area contributed by atoms with E-state index < -0.39 is 20.0 Å². The lowest BCUT2D eigenvalue weighted by molar-refractivity contribution is 0.541. The van der Waals surface area contributed by atoms with Gasteiger partial charge in [-0.1, -0.05) is 99.9 Å². The van der Waals surface area contributed by atoms with Crippen molar-refractivity contribution in [2.75, 3.05) is 51.1 Å². The van der Waals surface area contributed by atoms with Gasteiger partial charge < -0.3 is 9.80 Å². The predicted molar refractivity (Wildman–Crippen MR) is 193 cm³/mol. The van der Waals surface area contributed by atoms with E-state index in [2.05, 4.69) is 9.44 Å². The molecule has 0 spiro atoms. The molecule has 4 aromatic rings. The molecule has 8 nitrogen and oxygen atoms in total. The van der Waals surface area contributed by atoms with Gasteiger partial charge in [0.25, 0.3) is 0 Å². The SMILES string of the molecule is CN(C)c1cccc2c(S(=O)(=O)NCCCCCCCCCCCCNS(=O)(=O)c3cccc4c(N(C)C)cccc34)cccc12. The van der Waals surface area contributed by atoms with Crippen LogP contribution < -0.4 is 19.2 Å². The first-order valence-corrected chi connectivity index (χ1v) is 19.4. The summed E-state index contributed by atoms with van der Waals surface area (Å²) in [5, 5.41) is 3.33. The van der Waals surface area contributed by atoms with Crippen LogP contribution in [0.25, 0.3) is 21.5 Å². The van der Waals surface area contributed by atoms with E-state index in [4.69, 9.17) is 0 Å². The van der Waals surface area contributed by atoms with Crippen molar-refractivity contribution in [2.45, 2.75) is 74.0 Å². The maximum Gasteiger partial charge on any atom is 0.241 e. The average molecular weight is 667 g/mol. The number of nitrogens with one attached hydrogen (secondary N) is 2. The second-order valence-electron chi connectivity index (χ2n) is 12.4. The smallest absolute Gasteiger partial charge is 0.241 e. The molecule has 0 aliphatic rings. The number of unbranched alkanes of at least 4 members (excludes halogenated alkanes) is 9. The van der Waals surface area contributed by atoms with Crippen LogP contribution in [0.5, 0.6) is 0 Å². The molecular formula is C36H50N4O4S2. The first kappa shape index (κ1) is 35.7. The number of hydrogen-bond donors (Lipinski definition) is 2. The summed E-state index contributed by atoms with van der Waals surface area (Å²) in [5.41, 5.74) is 1.99. The highest BCUT2D eigenvalue weighted by molar-refractivity contribution is 7.90. The summed E-state index contributed by atoms with van der Waals surface area (Å²) < 4.78 is 57.8. The summed E-state index contributed by atoms with van der Waals surface area (Å²) >= 11 is 0. The standard InChI is InChI=1S/C36H50N4O4S2/c1-39(2)33-23-15-21-31-29(33)19-17-25-35(31)45(41,42)37-27-13-11-9-7-5-6-8-10-12-14-28-38-46(43,44)36-26-18-20-30-32(36)22-16-24-34(30)40(3)4/h15-26,37-38H,5-14,27-28H2,1-4H3. The van der Waals surface area contributed by atoms with Gasteiger partial charge in [-0.3, -0.25) is 0 Å². The Morgan fingerprint density at radius 2 is 0.739 bits per heavy atom. The van der Waals surface area contributed by atoms with Crippen molar-refractivity contribution in [1.29, 1.82) is 0 Å². The number of sulfonamides is 2. The van der Waals surface area contributed by atoms with Crippen LogP contribution in [-0.2, 0) is 20.0 Å². The molecule has 0 unspecified atom stereocenters. The van der Waals surface area contributed by atoms with Gasteiger partial charge in [-0.05, 0) is 37.1 Å². The molecule has 46 heavy (non-hydrogen) atoms. The summed E-state index contributed by atoms with van der Waals surface area (Å²) in [5.74, 6) is 0. The molecule has 0 atom stereocenters. The fourth-order valence-corrected chi connectivity index (χ4v) is 8.60. The maximum absolute atomic E-state index is 13.1. The second-order valence-corrected chi connectivity index (χ2v) is 15.8. The Balaban J connectivity index is 1.07. The van der Waals surface area contributed by atoms with Crippen molar-refractivity contribution in [3.63, 3.8) is 0 Å². The van der Waals surface area contributed by atoms with E-state index >= 15 is 0 Å². The molecule has 0 bridgehead atoms. The van der Waals surface area contributed by atoms with E-state index in [0.717, 1.165) is 84.3 Å². The molecule has 0 radical (unpaired) electrons. The van der Waals surface area contributed by atoms with Crippen molar-refractivity contribution in [3.8, 4) is 0 Å². The Morgan fingerprint density at radius 1 is 0.435 bits per heavy atom. The van der Waals surface area contributed by atoms with Crippen molar-refractivity contribution >= 4 is 53.0 Å². The van der Waals surface area contributed by atoms with Gasteiger partial charge >= 0.3 is 0 Å². The molecule has 10 heteroatoms. The van der Waals surface area contributed by atoms with Gasteiger partial charge in [-0.25, -0.2) is 26.3 Å². The number of fused-ring (bicyclic) bond motifs is 2. The second kappa shape index (κ2) is 16.6.